The van der Waals surface area contributed by atoms with Crippen LogP contribution in [-0.4, -0.2) is 29.8 Å². The minimum atomic E-state index is -0.254. The lowest BCUT2D eigenvalue weighted by Crippen LogP contribution is -2.32. The summed E-state index contributed by atoms with van der Waals surface area (Å²) in [6.07, 6.45) is 1.78. The Balaban J connectivity index is 2.60. The molecule has 0 heterocycles. The van der Waals surface area contributed by atoms with Crippen molar-refractivity contribution in [2.45, 2.75) is 13.3 Å². The fraction of sp³-hybridized carbons (Fsp3) is 0.286. The third-order valence-corrected chi connectivity index (χ3v) is 3.26. The highest BCUT2D eigenvalue weighted by Crippen LogP contribution is 2.29. The molecule has 0 fully saturated rings. The Kier molecular flexibility index (Phi) is 6.55. The molecule has 6 heteroatoms. The average Bonchev–Trinajstić information content (AvgIpc) is 2.38. The van der Waals surface area contributed by atoms with Crippen molar-refractivity contribution in [1.82, 2.24) is 4.90 Å². The van der Waals surface area contributed by atoms with Crippen molar-refractivity contribution in [2.24, 2.45) is 0 Å². The van der Waals surface area contributed by atoms with Gasteiger partial charge in [-0.3, -0.25) is 9.59 Å². The summed E-state index contributed by atoms with van der Waals surface area (Å²) in [4.78, 5) is 24.7. The first-order chi connectivity index (χ1) is 9.45. The highest BCUT2D eigenvalue weighted by atomic mass is 35.5. The van der Waals surface area contributed by atoms with Crippen LogP contribution in [0.4, 0.5) is 5.69 Å². The van der Waals surface area contributed by atoms with Crippen molar-refractivity contribution in [1.29, 1.82) is 0 Å². The Bertz CT molecular complexity index is 498. The van der Waals surface area contributed by atoms with Crippen LogP contribution in [0.15, 0.2) is 30.9 Å². The van der Waals surface area contributed by atoms with E-state index in [1.54, 1.807) is 24.3 Å². The molecule has 108 valence electrons. The minimum Gasteiger partial charge on any atom is -0.339 e. The standard InChI is InChI=1S/C14H16Cl2N2O2/c1-3-8-18(10(2)19)9-7-13(20)17-14-11(15)5-4-6-12(14)16/h3-6H,1,7-9H2,2H3,(H,17,20). The van der Waals surface area contributed by atoms with Gasteiger partial charge in [0, 0.05) is 26.4 Å². The highest BCUT2D eigenvalue weighted by Gasteiger charge is 2.12. The molecule has 0 aliphatic heterocycles. The van der Waals surface area contributed by atoms with Crippen LogP contribution >= 0.6 is 23.2 Å². The molecule has 1 N–H and O–H groups in total. The molecule has 0 radical (unpaired) electrons. The second-order valence-corrected chi connectivity index (χ2v) is 4.96. The monoisotopic (exact) mass is 314 g/mol. The van der Waals surface area contributed by atoms with E-state index in [9.17, 15) is 9.59 Å². The van der Waals surface area contributed by atoms with E-state index in [-0.39, 0.29) is 18.2 Å². The summed E-state index contributed by atoms with van der Waals surface area (Å²) in [6.45, 7) is 5.75. The normalized spacial score (nSPS) is 9.95. The maximum atomic E-state index is 11.9. The van der Waals surface area contributed by atoms with E-state index in [0.29, 0.717) is 28.8 Å². The van der Waals surface area contributed by atoms with Gasteiger partial charge in [-0.1, -0.05) is 35.3 Å². The van der Waals surface area contributed by atoms with Crippen molar-refractivity contribution < 1.29 is 9.59 Å². The third-order valence-electron chi connectivity index (χ3n) is 2.63. The van der Waals surface area contributed by atoms with E-state index in [1.807, 2.05) is 0 Å². The predicted octanol–water partition coefficient (Wildman–Crippen LogP) is 3.36. The Morgan fingerprint density at radius 1 is 1.35 bits per heavy atom. The summed E-state index contributed by atoms with van der Waals surface area (Å²) in [7, 11) is 0. The van der Waals surface area contributed by atoms with Gasteiger partial charge in [-0.2, -0.15) is 0 Å². The van der Waals surface area contributed by atoms with Gasteiger partial charge in [0.15, 0.2) is 0 Å². The number of halogens is 2. The van der Waals surface area contributed by atoms with Gasteiger partial charge in [0.05, 0.1) is 15.7 Å². The smallest absolute Gasteiger partial charge is 0.226 e. The third kappa shape index (κ3) is 4.87. The van der Waals surface area contributed by atoms with Crippen LogP contribution in [0.25, 0.3) is 0 Å². The zero-order valence-corrected chi connectivity index (χ0v) is 12.7. The first-order valence-electron chi connectivity index (χ1n) is 6.06. The van der Waals surface area contributed by atoms with Crippen LogP contribution in [0, 0.1) is 0 Å². The van der Waals surface area contributed by atoms with E-state index >= 15 is 0 Å². The maximum absolute atomic E-state index is 11.9. The Hall–Kier alpha value is -1.52. The van der Waals surface area contributed by atoms with E-state index in [2.05, 4.69) is 11.9 Å². The van der Waals surface area contributed by atoms with Gasteiger partial charge in [0.25, 0.3) is 0 Å². The van der Waals surface area contributed by atoms with Crippen LogP contribution in [0.3, 0.4) is 0 Å². The van der Waals surface area contributed by atoms with E-state index in [1.165, 1.54) is 11.8 Å². The van der Waals surface area contributed by atoms with Crippen molar-refractivity contribution in [3.63, 3.8) is 0 Å². The summed E-state index contributed by atoms with van der Waals surface area (Å²) in [5.41, 5.74) is 0.388. The number of para-hydroxylation sites is 1. The van der Waals surface area contributed by atoms with Crippen molar-refractivity contribution >= 4 is 40.7 Å². The molecule has 0 bridgehead atoms. The molecule has 1 aromatic carbocycles. The number of benzene rings is 1. The number of amides is 2. The molecule has 0 aromatic heterocycles. The van der Waals surface area contributed by atoms with Crippen LogP contribution in [0.5, 0.6) is 0 Å². The first kappa shape index (κ1) is 16.5. The quantitative estimate of drug-likeness (QED) is 0.818. The lowest BCUT2D eigenvalue weighted by atomic mass is 10.3. The number of hydrogen-bond acceptors (Lipinski definition) is 2. The molecule has 1 aromatic rings. The topological polar surface area (TPSA) is 49.4 Å². The number of carbonyl (C=O) groups is 2. The van der Waals surface area contributed by atoms with Gasteiger partial charge in [0.1, 0.15) is 0 Å². The molecular formula is C14H16Cl2N2O2. The van der Waals surface area contributed by atoms with Gasteiger partial charge in [-0.15, -0.1) is 6.58 Å². The SMILES string of the molecule is C=CCN(CCC(=O)Nc1c(Cl)cccc1Cl)C(C)=O. The number of carbonyl (C=O) groups excluding carboxylic acids is 2. The fourth-order valence-corrected chi connectivity index (χ4v) is 2.08. The largest absolute Gasteiger partial charge is 0.339 e. The van der Waals surface area contributed by atoms with Crippen LogP contribution in [0.1, 0.15) is 13.3 Å². The van der Waals surface area contributed by atoms with Crippen LogP contribution < -0.4 is 5.32 Å². The first-order valence-corrected chi connectivity index (χ1v) is 6.81. The van der Waals surface area contributed by atoms with Gasteiger partial charge in [-0.25, -0.2) is 0 Å². The second-order valence-electron chi connectivity index (χ2n) is 4.15. The minimum absolute atomic E-state index is 0.103. The number of anilines is 1. The molecule has 1 rings (SSSR count). The molecular weight excluding hydrogens is 299 g/mol. The zero-order valence-electron chi connectivity index (χ0n) is 11.2. The number of nitrogens with one attached hydrogen (secondary N) is 1. The molecule has 20 heavy (non-hydrogen) atoms. The molecule has 0 spiro atoms. The van der Waals surface area contributed by atoms with E-state index in [4.69, 9.17) is 23.2 Å². The lowest BCUT2D eigenvalue weighted by Gasteiger charge is -2.18. The maximum Gasteiger partial charge on any atom is 0.226 e. The Morgan fingerprint density at radius 2 is 1.95 bits per heavy atom. The van der Waals surface area contributed by atoms with Gasteiger partial charge >= 0.3 is 0 Å². The molecule has 0 aliphatic carbocycles. The molecule has 0 aliphatic rings. The summed E-state index contributed by atoms with van der Waals surface area (Å²) < 4.78 is 0. The summed E-state index contributed by atoms with van der Waals surface area (Å²) in [5.74, 6) is -0.358. The van der Waals surface area contributed by atoms with Crippen molar-refractivity contribution in [3.8, 4) is 0 Å². The highest BCUT2D eigenvalue weighted by molar-refractivity contribution is 6.39. The number of rotatable bonds is 6. The average molecular weight is 315 g/mol. The van der Waals surface area contributed by atoms with Gasteiger partial charge in [-0.05, 0) is 12.1 Å². The van der Waals surface area contributed by atoms with Crippen LogP contribution in [0.2, 0.25) is 10.0 Å². The molecule has 0 saturated carbocycles. The molecule has 4 nitrogen and oxygen atoms in total. The van der Waals surface area contributed by atoms with Gasteiger partial charge in [0.2, 0.25) is 11.8 Å². The van der Waals surface area contributed by atoms with Gasteiger partial charge < -0.3 is 10.2 Å². The number of nitrogens with zero attached hydrogens (tertiary/aromatic N) is 1. The summed E-state index contributed by atoms with van der Waals surface area (Å²) in [6, 6.07) is 4.98. The molecule has 0 unspecified atom stereocenters. The van der Waals surface area contributed by atoms with E-state index in [0.717, 1.165) is 0 Å². The van der Waals surface area contributed by atoms with Crippen molar-refractivity contribution in [2.75, 3.05) is 18.4 Å². The fourth-order valence-electron chi connectivity index (χ4n) is 1.59. The number of hydrogen-bond donors (Lipinski definition) is 1. The zero-order chi connectivity index (χ0) is 15.1. The molecule has 0 saturated heterocycles. The Labute approximate surface area is 128 Å². The van der Waals surface area contributed by atoms with E-state index < -0.39 is 0 Å². The predicted molar refractivity (Wildman–Crippen MR) is 82.2 cm³/mol. The second kappa shape index (κ2) is 7.92. The molecule has 0 atom stereocenters. The summed E-state index contributed by atoms with van der Waals surface area (Å²) in [5, 5.41) is 3.40. The molecule has 2 amide bonds. The van der Waals surface area contributed by atoms with Crippen molar-refractivity contribution in [3.05, 3.63) is 40.9 Å². The Morgan fingerprint density at radius 3 is 2.45 bits per heavy atom. The lowest BCUT2D eigenvalue weighted by molar-refractivity contribution is -0.128. The van der Waals surface area contributed by atoms with Crippen LogP contribution in [-0.2, 0) is 9.59 Å². The summed E-state index contributed by atoms with van der Waals surface area (Å²) >= 11 is 11.9.